The number of nitro benzene ring substituents is 2. The van der Waals surface area contributed by atoms with E-state index in [1.807, 2.05) is 0 Å². The fraction of sp³-hybridized carbons (Fsp3) is 0.364. The van der Waals surface area contributed by atoms with Crippen LogP contribution < -0.4 is 0 Å². The number of nitrogens with zero attached hydrogens (tertiary/aromatic N) is 2. The Morgan fingerprint density at radius 3 is 2.42 bits per heavy atom. The van der Waals surface area contributed by atoms with Crippen LogP contribution in [0, 0.1) is 20.2 Å². The van der Waals surface area contributed by atoms with Gasteiger partial charge in [-0.3, -0.25) is 25.0 Å². The number of benzene rings is 1. The Hall–Kier alpha value is -2.51. The van der Waals surface area contributed by atoms with Crippen LogP contribution in [-0.4, -0.2) is 20.9 Å². The average Bonchev–Trinajstić information content (AvgIpc) is 2.34. The second-order valence-corrected chi connectivity index (χ2v) is 4.09. The summed E-state index contributed by atoms with van der Waals surface area (Å²) >= 11 is 0. The number of nitro groups is 2. The van der Waals surface area contributed by atoms with Crippen LogP contribution in [0.3, 0.4) is 0 Å². The molecular formula is C11H12N2O6. The van der Waals surface area contributed by atoms with Crippen LogP contribution in [-0.2, 0) is 4.79 Å². The Kier molecular flexibility index (Phi) is 4.51. The van der Waals surface area contributed by atoms with Crippen LogP contribution in [0.5, 0.6) is 0 Å². The summed E-state index contributed by atoms with van der Waals surface area (Å²) in [6.07, 6.45) is 0.114. The minimum absolute atomic E-state index is 0.116. The molecule has 8 heteroatoms. The van der Waals surface area contributed by atoms with E-state index < -0.39 is 15.8 Å². The number of carbonyl (C=O) groups is 1. The molecular weight excluding hydrogens is 256 g/mol. The van der Waals surface area contributed by atoms with E-state index in [0.29, 0.717) is 5.56 Å². The molecule has 1 aromatic carbocycles. The molecule has 1 unspecified atom stereocenters. The fourth-order valence-electron chi connectivity index (χ4n) is 1.72. The molecule has 1 rings (SSSR count). The number of carboxylic acid groups (broad SMARTS) is 1. The first-order valence-electron chi connectivity index (χ1n) is 5.47. The van der Waals surface area contributed by atoms with Gasteiger partial charge in [0.1, 0.15) is 0 Å². The van der Waals surface area contributed by atoms with Gasteiger partial charge in [-0.15, -0.1) is 0 Å². The highest BCUT2D eigenvalue weighted by Crippen LogP contribution is 2.32. The van der Waals surface area contributed by atoms with E-state index in [9.17, 15) is 25.0 Å². The van der Waals surface area contributed by atoms with Crippen molar-refractivity contribution in [3.63, 3.8) is 0 Å². The highest BCUT2D eigenvalue weighted by Gasteiger charge is 2.23. The van der Waals surface area contributed by atoms with Crippen molar-refractivity contribution in [1.82, 2.24) is 0 Å². The highest BCUT2D eigenvalue weighted by molar-refractivity contribution is 5.66. The SMILES string of the molecule is CC(CCC(=O)O)c1ccc([N+](=O)[O-])cc1[N+](=O)[O-]. The molecule has 0 aliphatic carbocycles. The Bertz CT molecular complexity index is 528. The van der Waals surface area contributed by atoms with Gasteiger partial charge in [0.2, 0.25) is 0 Å². The van der Waals surface area contributed by atoms with E-state index in [1.165, 1.54) is 12.1 Å². The molecule has 8 nitrogen and oxygen atoms in total. The molecule has 0 amide bonds. The maximum atomic E-state index is 10.9. The minimum Gasteiger partial charge on any atom is -0.481 e. The molecule has 0 aromatic heterocycles. The van der Waals surface area contributed by atoms with Gasteiger partial charge in [0.25, 0.3) is 11.4 Å². The molecule has 0 saturated carbocycles. The Balaban J connectivity index is 3.09. The largest absolute Gasteiger partial charge is 0.481 e. The number of aliphatic carboxylic acids is 1. The van der Waals surface area contributed by atoms with Gasteiger partial charge in [-0.05, 0) is 18.4 Å². The van der Waals surface area contributed by atoms with Gasteiger partial charge in [-0.1, -0.05) is 6.92 Å². The zero-order valence-corrected chi connectivity index (χ0v) is 10.1. The van der Waals surface area contributed by atoms with Crippen LogP contribution in [0.1, 0.15) is 31.2 Å². The summed E-state index contributed by atoms with van der Waals surface area (Å²) < 4.78 is 0. The summed E-state index contributed by atoms with van der Waals surface area (Å²) in [5, 5.41) is 30.1. The lowest BCUT2D eigenvalue weighted by molar-refractivity contribution is -0.394. The standard InChI is InChI=1S/C11H12N2O6/c1-7(2-5-11(14)15)9-4-3-8(12(16)17)6-10(9)13(18)19/h3-4,6-7H,2,5H2,1H3,(H,14,15). The van der Waals surface area contributed by atoms with Gasteiger partial charge in [0.05, 0.1) is 15.9 Å². The van der Waals surface area contributed by atoms with Gasteiger partial charge in [-0.25, -0.2) is 0 Å². The summed E-state index contributed by atoms with van der Waals surface area (Å²) in [5.41, 5.74) is -0.412. The molecule has 0 saturated heterocycles. The van der Waals surface area contributed by atoms with Crippen LogP contribution in [0.4, 0.5) is 11.4 Å². The molecule has 0 aliphatic heterocycles. The molecule has 19 heavy (non-hydrogen) atoms. The second kappa shape index (κ2) is 5.89. The molecule has 0 heterocycles. The van der Waals surface area contributed by atoms with Gasteiger partial charge < -0.3 is 5.11 Å². The van der Waals surface area contributed by atoms with Crippen molar-refractivity contribution in [2.24, 2.45) is 0 Å². The third-order valence-corrected chi connectivity index (χ3v) is 2.74. The normalized spacial score (nSPS) is 11.8. The van der Waals surface area contributed by atoms with Gasteiger partial charge in [-0.2, -0.15) is 0 Å². The quantitative estimate of drug-likeness (QED) is 0.624. The number of carboxylic acids is 1. The van der Waals surface area contributed by atoms with Gasteiger partial charge >= 0.3 is 5.97 Å². The monoisotopic (exact) mass is 268 g/mol. The van der Waals surface area contributed by atoms with Crippen LogP contribution in [0.15, 0.2) is 18.2 Å². The van der Waals surface area contributed by atoms with Gasteiger partial charge in [0, 0.05) is 18.1 Å². The molecule has 1 atom stereocenters. The van der Waals surface area contributed by atoms with Crippen molar-refractivity contribution in [2.75, 3.05) is 0 Å². The minimum atomic E-state index is -0.989. The van der Waals surface area contributed by atoms with Crippen molar-refractivity contribution >= 4 is 17.3 Å². The predicted molar refractivity (Wildman–Crippen MR) is 65.0 cm³/mol. The molecule has 1 N–H and O–H groups in total. The molecule has 0 aliphatic rings. The molecule has 1 aromatic rings. The van der Waals surface area contributed by atoms with Crippen LogP contribution in [0.2, 0.25) is 0 Å². The molecule has 102 valence electrons. The molecule has 0 bridgehead atoms. The molecule has 0 radical (unpaired) electrons. The summed E-state index contributed by atoms with van der Waals surface area (Å²) in [7, 11) is 0. The summed E-state index contributed by atoms with van der Waals surface area (Å²) in [4.78, 5) is 30.6. The van der Waals surface area contributed by atoms with Crippen molar-refractivity contribution < 1.29 is 19.7 Å². The Morgan fingerprint density at radius 1 is 1.32 bits per heavy atom. The third kappa shape index (κ3) is 3.73. The van der Waals surface area contributed by atoms with E-state index in [0.717, 1.165) is 6.07 Å². The number of non-ortho nitro benzene ring substituents is 1. The van der Waals surface area contributed by atoms with E-state index in [2.05, 4.69) is 0 Å². The highest BCUT2D eigenvalue weighted by atomic mass is 16.6. The Morgan fingerprint density at radius 2 is 1.95 bits per heavy atom. The first kappa shape index (κ1) is 14.6. The lowest BCUT2D eigenvalue weighted by atomic mass is 9.94. The number of hydrogen-bond acceptors (Lipinski definition) is 5. The van der Waals surface area contributed by atoms with Crippen LogP contribution >= 0.6 is 0 Å². The van der Waals surface area contributed by atoms with E-state index >= 15 is 0 Å². The van der Waals surface area contributed by atoms with Crippen LogP contribution in [0.25, 0.3) is 0 Å². The van der Waals surface area contributed by atoms with Gasteiger partial charge in [0.15, 0.2) is 0 Å². The maximum absolute atomic E-state index is 10.9. The molecule has 0 spiro atoms. The first-order chi connectivity index (χ1) is 8.82. The molecule has 0 fully saturated rings. The summed E-state index contributed by atoms with van der Waals surface area (Å²) in [6.45, 7) is 1.65. The third-order valence-electron chi connectivity index (χ3n) is 2.74. The second-order valence-electron chi connectivity index (χ2n) is 4.09. The lowest BCUT2D eigenvalue weighted by Gasteiger charge is -2.10. The number of rotatable bonds is 6. The van der Waals surface area contributed by atoms with E-state index in [4.69, 9.17) is 5.11 Å². The summed E-state index contributed by atoms with van der Waals surface area (Å²) in [5.74, 6) is -1.35. The Labute approximate surface area is 108 Å². The predicted octanol–water partition coefficient (Wildman–Crippen LogP) is 2.47. The summed E-state index contributed by atoms with van der Waals surface area (Å²) in [6, 6.07) is 3.38. The van der Waals surface area contributed by atoms with Crippen molar-refractivity contribution in [3.8, 4) is 0 Å². The zero-order valence-electron chi connectivity index (χ0n) is 10.1. The van der Waals surface area contributed by atoms with Crippen molar-refractivity contribution in [1.29, 1.82) is 0 Å². The smallest absolute Gasteiger partial charge is 0.303 e. The van der Waals surface area contributed by atoms with E-state index in [1.54, 1.807) is 6.92 Å². The first-order valence-corrected chi connectivity index (χ1v) is 5.47. The topological polar surface area (TPSA) is 124 Å². The fourth-order valence-corrected chi connectivity index (χ4v) is 1.72. The number of hydrogen-bond donors (Lipinski definition) is 1. The maximum Gasteiger partial charge on any atom is 0.303 e. The van der Waals surface area contributed by atoms with Crippen molar-refractivity contribution in [2.45, 2.75) is 25.7 Å². The average molecular weight is 268 g/mol. The lowest BCUT2D eigenvalue weighted by Crippen LogP contribution is -2.04. The van der Waals surface area contributed by atoms with Crippen molar-refractivity contribution in [3.05, 3.63) is 44.0 Å². The zero-order chi connectivity index (χ0) is 14.6. The van der Waals surface area contributed by atoms with E-state index in [-0.39, 0.29) is 30.1 Å².